The monoisotopic (exact) mass is 261 g/mol. The van der Waals surface area contributed by atoms with Gasteiger partial charge in [0.25, 0.3) is 0 Å². The standard InChI is InChI=1S/C15H23N3O/c1-11(2)13(16)9-15(19)18-8-4-6-14(18)12-5-3-7-17-10-12/h3,5,7,10-11,13-14H,4,6,8-9,16H2,1-2H3. The van der Waals surface area contributed by atoms with E-state index in [4.69, 9.17) is 5.73 Å². The zero-order chi connectivity index (χ0) is 13.8. The van der Waals surface area contributed by atoms with Gasteiger partial charge >= 0.3 is 0 Å². The Hall–Kier alpha value is -1.42. The van der Waals surface area contributed by atoms with Crippen molar-refractivity contribution >= 4 is 5.91 Å². The molecular formula is C15H23N3O. The van der Waals surface area contributed by atoms with Crippen molar-refractivity contribution < 1.29 is 4.79 Å². The highest BCUT2D eigenvalue weighted by molar-refractivity contribution is 5.77. The van der Waals surface area contributed by atoms with Crippen LogP contribution in [0.25, 0.3) is 0 Å². The molecule has 0 radical (unpaired) electrons. The van der Waals surface area contributed by atoms with Crippen LogP contribution in [0.15, 0.2) is 24.5 Å². The van der Waals surface area contributed by atoms with E-state index in [2.05, 4.69) is 18.8 Å². The van der Waals surface area contributed by atoms with E-state index in [1.807, 2.05) is 23.2 Å². The Morgan fingerprint density at radius 3 is 3.00 bits per heavy atom. The van der Waals surface area contributed by atoms with Gasteiger partial charge in [0.1, 0.15) is 0 Å². The van der Waals surface area contributed by atoms with E-state index in [9.17, 15) is 4.79 Å². The molecule has 0 saturated carbocycles. The topological polar surface area (TPSA) is 59.2 Å². The number of nitrogens with zero attached hydrogens (tertiary/aromatic N) is 2. The quantitative estimate of drug-likeness (QED) is 0.903. The lowest BCUT2D eigenvalue weighted by molar-refractivity contribution is -0.132. The van der Waals surface area contributed by atoms with Crippen LogP contribution in [0.5, 0.6) is 0 Å². The number of amides is 1. The van der Waals surface area contributed by atoms with E-state index >= 15 is 0 Å². The molecule has 0 spiro atoms. The van der Waals surface area contributed by atoms with E-state index in [1.54, 1.807) is 6.20 Å². The van der Waals surface area contributed by atoms with E-state index < -0.39 is 0 Å². The Morgan fingerprint density at radius 2 is 2.37 bits per heavy atom. The summed E-state index contributed by atoms with van der Waals surface area (Å²) in [7, 11) is 0. The molecule has 4 heteroatoms. The first-order valence-corrected chi connectivity index (χ1v) is 7.04. The molecule has 1 aromatic heterocycles. The molecule has 0 aromatic carbocycles. The zero-order valence-corrected chi connectivity index (χ0v) is 11.7. The average molecular weight is 261 g/mol. The van der Waals surface area contributed by atoms with Crippen molar-refractivity contribution in [1.29, 1.82) is 0 Å². The van der Waals surface area contributed by atoms with Gasteiger partial charge in [-0.05, 0) is 30.4 Å². The molecule has 1 aliphatic rings. The summed E-state index contributed by atoms with van der Waals surface area (Å²) < 4.78 is 0. The molecule has 2 heterocycles. The maximum absolute atomic E-state index is 12.4. The zero-order valence-electron chi connectivity index (χ0n) is 11.7. The average Bonchev–Trinajstić information content (AvgIpc) is 2.88. The van der Waals surface area contributed by atoms with E-state index in [0.717, 1.165) is 24.9 Å². The van der Waals surface area contributed by atoms with Crippen molar-refractivity contribution in [2.24, 2.45) is 11.7 Å². The Balaban J connectivity index is 2.05. The molecule has 2 unspecified atom stereocenters. The van der Waals surface area contributed by atoms with Gasteiger partial charge in [0.15, 0.2) is 0 Å². The molecule has 1 amide bonds. The van der Waals surface area contributed by atoms with Gasteiger partial charge in [-0.15, -0.1) is 0 Å². The smallest absolute Gasteiger partial charge is 0.224 e. The van der Waals surface area contributed by atoms with Crippen LogP contribution in [0.1, 0.15) is 44.7 Å². The molecule has 0 bridgehead atoms. The van der Waals surface area contributed by atoms with Crippen molar-refractivity contribution in [1.82, 2.24) is 9.88 Å². The predicted octanol–water partition coefficient (Wildman–Crippen LogP) is 2.12. The lowest BCUT2D eigenvalue weighted by atomic mass is 10.0. The molecule has 1 aliphatic heterocycles. The third-order valence-corrected chi connectivity index (χ3v) is 3.91. The van der Waals surface area contributed by atoms with Gasteiger partial charge in [0, 0.05) is 31.4 Å². The van der Waals surface area contributed by atoms with Crippen LogP contribution < -0.4 is 5.73 Å². The molecule has 2 N–H and O–H groups in total. The van der Waals surface area contributed by atoms with Gasteiger partial charge in [-0.1, -0.05) is 19.9 Å². The summed E-state index contributed by atoms with van der Waals surface area (Å²) in [4.78, 5) is 18.5. The van der Waals surface area contributed by atoms with E-state index in [0.29, 0.717) is 12.3 Å². The predicted molar refractivity (Wildman–Crippen MR) is 75.4 cm³/mol. The number of carbonyl (C=O) groups excluding carboxylic acids is 1. The van der Waals surface area contributed by atoms with Gasteiger partial charge in [-0.3, -0.25) is 9.78 Å². The number of likely N-dealkylation sites (tertiary alicyclic amines) is 1. The second kappa shape index (κ2) is 6.15. The minimum absolute atomic E-state index is 0.0531. The largest absolute Gasteiger partial charge is 0.336 e. The lowest BCUT2D eigenvalue weighted by Gasteiger charge is -2.27. The van der Waals surface area contributed by atoms with Crippen LogP contribution in [-0.2, 0) is 4.79 Å². The lowest BCUT2D eigenvalue weighted by Crippen LogP contribution is -2.37. The second-order valence-corrected chi connectivity index (χ2v) is 5.64. The van der Waals surface area contributed by atoms with Crippen LogP contribution in [0, 0.1) is 5.92 Å². The van der Waals surface area contributed by atoms with Crippen molar-refractivity contribution in [2.75, 3.05) is 6.54 Å². The van der Waals surface area contributed by atoms with E-state index in [-0.39, 0.29) is 18.0 Å². The summed E-state index contributed by atoms with van der Waals surface area (Å²) in [6.45, 7) is 4.95. The molecule has 4 nitrogen and oxygen atoms in total. The van der Waals surface area contributed by atoms with Crippen molar-refractivity contribution in [3.63, 3.8) is 0 Å². The first-order chi connectivity index (χ1) is 9.09. The Labute approximate surface area is 115 Å². The van der Waals surface area contributed by atoms with Gasteiger partial charge in [-0.2, -0.15) is 0 Å². The second-order valence-electron chi connectivity index (χ2n) is 5.64. The molecule has 1 saturated heterocycles. The molecule has 1 aromatic rings. The minimum Gasteiger partial charge on any atom is -0.336 e. The molecule has 0 aliphatic carbocycles. The van der Waals surface area contributed by atoms with Crippen LogP contribution in [-0.4, -0.2) is 28.4 Å². The van der Waals surface area contributed by atoms with Crippen LogP contribution >= 0.6 is 0 Å². The number of hydrogen-bond donors (Lipinski definition) is 1. The SMILES string of the molecule is CC(C)C(N)CC(=O)N1CCCC1c1cccnc1. The Kier molecular flexibility index (Phi) is 4.53. The number of carbonyl (C=O) groups is 1. The first kappa shape index (κ1) is 14.0. The summed E-state index contributed by atoms with van der Waals surface area (Å²) in [6, 6.07) is 4.10. The number of pyridine rings is 1. The summed E-state index contributed by atoms with van der Waals surface area (Å²) in [5.74, 6) is 0.510. The fourth-order valence-electron chi connectivity index (χ4n) is 2.54. The number of aromatic nitrogens is 1. The molecule has 104 valence electrons. The molecule has 2 rings (SSSR count). The minimum atomic E-state index is -0.0531. The third-order valence-electron chi connectivity index (χ3n) is 3.91. The summed E-state index contributed by atoms with van der Waals surface area (Å²) in [5, 5.41) is 0. The molecule has 2 atom stereocenters. The molecule has 1 fully saturated rings. The van der Waals surface area contributed by atoms with Crippen molar-refractivity contribution in [3.8, 4) is 0 Å². The maximum atomic E-state index is 12.4. The van der Waals surface area contributed by atoms with Crippen LogP contribution in [0.4, 0.5) is 0 Å². The highest BCUT2D eigenvalue weighted by Crippen LogP contribution is 2.32. The summed E-state index contributed by atoms with van der Waals surface area (Å²) in [5.41, 5.74) is 7.14. The number of rotatable bonds is 4. The van der Waals surface area contributed by atoms with Gasteiger partial charge in [0.2, 0.25) is 5.91 Å². The van der Waals surface area contributed by atoms with Gasteiger partial charge < -0.3 is 10.6 Å². The Morgan fingerprint density at radius 1 is 1.58 bits per heavy atom. The molecular weight excluding hydrogens is 238 g/mol. The van der Waals surface area contributed by atoms with Gasteiger partial charge in [-0.25, -0.2) is 0 Å². The Bertz CT molecular complexity index is 419. The van der Waals surface area contributed by atoms with Gasteiger partial charge in [0.05, 0.1) is 6.04 Å². The van der Waals surface area contributed by atoms with Crippen LogP contribution in [0.2, 0.25) is 0 Å². The van der Waals surface area contributed by atoms with Crippen molar-refractivity contribution in [3.05, 3.63) is 30.1 Å². The van der Waals surface area contributed by atoms with Crippen LogP contribution in [0.3, 0.4) is 0 Å². The van der Waals surface area contributed by atoms with E-state index in [1.165, 1.54) is 0 Å². The highest BCUT2D eigenvalue weighted by Gasteiger charge is 2.30. The number of nitrogens with two attached hydrogens (primary N) is 1. The first-order valence-electron chi connectivity index (χ1n) is 7.04. The normalized spacial score (nSPS) is 20.8. The fraction of sp³-hybridized carbons (Fsp3) is 0.600. The highest BCUT2D eigenvalue weighted by atomic mass is 16.2. The summed E-state index contributed by atoms with van der Waals surface area (Å²) >= 11 is 0. The fourth-order valence-corrected chi connectivity index (χ4v) is 2.54. The maximum Gasteiger partial charge on any atom is 0.224 e. The van der Waals surface area contributed by atoms with Crippen molar-refractivity contribution in [2.45, 2.75) is 45.2 Å². The molecule has 19 heavy (non-hydrogen) atoms. The summed E-state index contributed by atoms with van der Waals surface area (Å²) in [6.07, 6.45) is 6.14. The third kappa shape index (κ3) is 3.32. The number of hydrogen-bond acceptors (Lipinski definition) is 3.